The molecule has 2 fully saturated rings. The molecule has 3 rings (SSSR count). The van der Waals surface area contributed by atoms with Gasteiger partial charge in [-0.05, 0) is 43.4 Å². The van der Waals surface area contributed by atoms with Crippen LogP contribution in [0.2, 0.25) is 0 Å². The van der Waals surface area contributed by atoms with Crippen LogP contribution in [0.4, 0.5) is 0 Å². The maximum atomic E-state index is 13.6. The minimum absolute atomic E-state index is 0.0765. The van der Waals surface area contributed by atoms with Crippen molar-refractivity contribution in [3.8, 4) is 5.75 Å². The van der Waals surface area contributed by atoms with Gasteiger partial charge < -0.3 is 9.64 Å². The smallest absolute Gasteiger partial charge is 0.233 e. The van der Waals surface area contributed by atoms with Crippen LogP contribution in [-0.4, -0.2) is 51.7 Å². The first-order valence-electron chi connectivity index (χ1n) is 9.75. The Morgan fingerprint density at radius 2 is 1.70 bits per heavy atom. The number of benzene rings is 1. The lowest BCUT2D eigenvalue weighted by atomic mass is 9.68. The number of piperidine rings is 1. The van der Waals surface area contributed by atoms with E-state index in [-0.39, 0.29) is 11.9 Å². The monoisotopic (exact) mass is 394 g/mol. The van der Waals surface area contributed by atoms with Crippen LogP contribution >= 0.6 is 0 Å². The summed E-state index contributed by atoms with van der Waals surface area (Å²) < 4.78 is 30.8. The van der Waals surface area contributed by atoms with Crippen molar-refractivity contribution in [3.05, 3.63) is 29.8 Å². The van der Waals surface area contributed by atoms with E-state index in [0.717, 1.165) is 37.0 Å². The van der Waals surface area contributed by atoms with Crippen molar-refractivity contribution in [2.75, 3.05) is 26.5 Å². The quantitative estimate of drug-likeness (QED) is 0.832. The lowest BCUT2D eigenvalue weighted by Gasteiger charge is -2.42. The number of nitrogens with zero attached hydrogens (tertiary/aromatic N) is 1. The zero-order valence-corrected chi connectivity index (χ0v) is 17.1. The highest BCUT2D eigenvalue weighted by Crippen LogP contribution is 2.42. The third-order valence-electron chi connectivity index (χ3n) is 5.92. The minimum atomic E-state index is -3.21. The van der Waals surface area contributed by atoms with Crippen molar-refractivity contribution in [1.82, 2.24) is 9.62 Å². The first kappa shape index (κ1) is 20.1. The topological polar surface area (TPSA) is 75.7 Å². The fourth-order valence-corrected chi connectivity index (χ4v) is 5.34. The van der Waals surface area contributed by atoms with Gasteiger partial charge in [-0.3, -0.25) is 4.79 Å². The lowest BCUT2D eigenvalue weighted by Crippen LogP contribution is -2.53. The normalized spacial score (nSPS) is 21.0. The van der Waals surface area contributed by atoms with E-state index in [1.807, 2.05) is 29.2 Å². The summed E-state index contributed by atoms with van der Waals surface area (Å²) in [6.45, 7) is 1.20. The van der Waals surface area contributed by atoms with Crippen LogP contribution in [0.5, 0.6) is 5.75 Å². The summed E-state index contributed by atoms with van der Waals surface area (Å²) in [5, 5.41) is 0. The molecule has 1 aromatic rings. The average molecular weight is 395 g/mol. The fourth-order valence-electron chi connectivity index (χ4n) is 4.50. The van der Waals surface area contributed by atoms with Crippen LogP contribution < -0.4 is 9.46 Å². The van der Waals surface area contributed by atoms with Gasteiger partial charge in [0, 0.05) is 19.1 Å². The largest absolute Gasteiger partial charge is 0.497 e. The molecule has 1 aromatic carbocycles. The summed E-state index contributed by atoms with van der Waals surface area (Å²) in [5.74, 6) is 0.995. The number of hydrogen-bond donors (Lipinski definition) is 1. The molecule has 1 N–H and O–H groups in total. The van der Waals surface area contributed by atoms with E-state index in [1.54, 1.807) is 7.11 Å². The number of amides is 1. The van der Waals surface area contributed by atoms with Crippen LogP contribution in [0.1, 0.15) is 50.5 Å². The van der Waals surface area contributed by atoms with Crippen LogP contribution in [0.15, 0.2) is 24.3 Å². The van der Waals surface area contributed by atoms with Crippen LogP contribution in [-0.2, 0) is 20.2 Å². The first-order chi connectivity index (χ1) is 12.8. The third-order valence-corrected chi connectivity index (χ3v) is 6.68. The Balaban J connectivity index is 1.76. The standard InChI is InChI=1S/C20H30N2O4S/c1-26-18-8-6-16(7-9-18)20(12-4-3-5-13-20)19(23)22-14-10-17(11-15-22)21-27(2,24)25/h6-9,17,21H,3-5,10-15H2,1-2H3. The molecule has 27 heavy (non-hydrogen) atoms. The van der Waals surface area contributed by atoms with Crippen LogP contribution in [0, 0.1) is 0 Å². The van der Waals surface area contributed by atoms with Crippen LogP contribution in [0.3, 0.4) is 0 Å². The minimum Gasteiger partial charge on any atom is -0.497 e. The molecule has 0 radical (unpaired) electrons. The number of carbonyl (C=O) groups excluding carboxylic acids is 1. The highest BCUT2D eigenvalue weighted by atomic mass is 32.2. The second-order valence-electron chi connectivity index (χ2n) is 7.83. The summed E-state index contributed by atoms with van der Waals surface area (Å²) in [6.07, 6.45) is 7.55. The fraction of sp³-hybridized carbons (Fsp3) is 0.650. The predicted molar refractivity (Wildman–Crippen MR) is 105 cm³/mol. The number of nitrogens with one attached hydrogen (secondary N) is 1. The maximum absolute atomic E-state index is 13.6. The average Bonchev–Trinajstić information content (AvgIpc) is 2.67. The van der Waals surface area contributed by atoms with Gasteiger partial charge in [0.15, 0.2) is 0 Å². The van der Waals surface area contributed by atoms with Crippen molar-refractivity contribution < 1.29 is 17.9 Å². The third kappa shape index (κ3) is 4.63. The molecule has 150 valence electrons. The van der Waals surface area contributed by atoms with Gasteiger partial charge in [0.1, 0.15) is 5.75 Å². The highest BCUT2D eigenvalue weighted by molar-refractivity contribution is 7.88. The Hall–Kier alpha value is -1.60. The summed E-state index contributed by atoms with van der Waals surface area (Å²) >= 11 is 0. The molecular weight excluding hydrogens is 364 g/mol. The molecule has 6 nitrogen and oxygen atoms in total. The lowest BCUT2D eigenvalue weighted by molar-refractivity contribution is -0.140. The zero-order valence-electron chi connectivity index (χ0n) is 16.2. The molecule has 1 amide bonds. The van der Waals surface area contributed by atoms with Gasteiger partial charge in [-0.1, -0.05) is 31.4 Å². The van der Waals surface area contributed by atoms with E-state index in [4.69, 9.17) is 4.74 Å². The number of likely N-dealkylation sites (tertiary alicyclic amines) is 1. The number of rotatable bonds is 5. The second kappa shape index (κ2) is 8.19. The van der Waals surface area contributed by atoms with E-state index >= 15 is 0 Å². The summed E-state index contributed by atoms with van der Waals surface area (Å²) in [6, 6.07) is 7.84. The SMILES string of the molecule is COc1ccc(C2(C(=O)N3CCC(NS(C)(=O)=O)CC3)CCCCC2)cc1. The van der Waals surface area contributed by atoms with E-state index in [9.17, 15) is 13.2 Å². The molecule has 0 atom stereocenters. The van der Waals surface area contributed by atoms with Gasteiger partial charge in [-0.15, -0.1) is 0 Å². The Kier molecular flexibility index (Phi) is 6.11. The maximum Gasteiger partial charge on any atom is 0.233 e. The molecule has 0 aromatic heterocycles. The Labute approximate surface area is 162 Å². The van der Waals surface area contributed by atoms with Crippen molar-refractivity contribution >= 4 is 15.9 Å². The number of methoxy groups -OCH3 is 1. The number of ether oxygens (including phenoxy) is 1. The molecular formula is C20H30N2O4S. The van der Waals surface area contributed by atoms with E-state index in [0.29, 0.717) is 25.9 Å². The van der Waals surface area contributed by atoms with Gasteiger partial charge in [0.2, 0.25) is 15.9 Å². The Bertz CT molecular complexity index is 747. The Morgan fingerprint density at radius 1 is 1.11 bits per heavy atom. The number of carbonyl (C=O) groups is 1. The van der Waals surface area contributed by atoms with Crippen LogP contribution in [0.25, 0.3) is 0 Å². The molecule has 1 saturated heterocycles. The molecule has 7 heteroatoms. The van der Waals surface area contributed by atoms with E-state index in [2.05, 4.69) is 4.72 Å². The molecule has 1 saturated carbocycles. The first-order valence-corrected chi connectivity index (χ1v) is 11.6. The second-order valence-corrected chi connectivity index (χ2v) is 9.61. The molecule has 0 spiro atoms. The van der Waals surface area contributed by atoms with Gasteiger partial charge in [0.25, 0.3) is 0 Å². The Morgan fingerprint density at radius 3 is 2.22 bits per heavy atom. The van der Waals surface area contributed by atoms with E-state index < -0.39 is 15.4 Å². The summed E-state index contributed by atoms with van der Waals surface area (Å²) in [7, 11) is -1.56. The molecule has 2 aliphatic rings. The molecule has 0 bridgehead atoms. The molecule has 0 unspecified atom stereocenters. The summed E-state index contributed by atoms with van der Waals surface area (Å²) in [4.78, 5) is 15.5. The molecule has 1 heterocycles. The van der Waals surface area contributed by atoms with Crippen molar-refractivity contribution in [3.63, 3.8) is 0 Å². The van der Waals surface area contributed by atoms with Crippen molar-refractivity contribution in [1.29, 1.82) is 0 Å². The molecule has 1 aliphatic heterocycles. The molecule has 1 aliphatic carbocycles. The zero-order chi connectivity index (χ0) is 19.5. The number of sulfonamides is 1. The highest BCUT2D eigenvalue weighted by Gasteiger charge is 2.44. The van der Waals surface area contributed by atoms with E-state index in [1.165, 1.54) is 12.7 Å². The predicted octanol–water partition coefficient (Wildman–Crippen LogP) is 2.44. The van der Waals surface area contributed by atoms with Gasteiger partial charge in [-0.2, -0.15) is 0 Å². The number of hydrogen-bond acceptors (Lipinski definition) is 4. The summed E-state index contributed by atoms with van der Waals surface area (Å²) in [5.41, 5.74) is 0.617. The van der Waals surface area contributed by atoms with Gasteiger partial charge >= 0.3 is 0 Å². The van der Waals surface area contributed by atoms with Crippen molar-refractivity contribution in [2.24, 2.45) is 0 Å². The van der Waals surface area contributed by atoms with Gasteiger partial charge in [0.05, 0.1) is 18.8 Å². The van der Waals surface area contributed by atoms with Crippen molar-refractivity contribution in [2.45, 2.75) is 56.4 Å². The van der Waals surface area contributed by atoms with Gasteiger partial charge in [-0.25, -0.2) is 13.1 Å².